The lowest BCUT2D eigenvalue weighted by atomic mass is 10.1. The molecule has 0 bridgehead atoms. The molecule has 0 aromatic carbocycles. The molecular formula is C13H19N5OS. The number of nitrogen functional groups attached to an aromatic ring is 1. The monoisotopic (exact) mass is 293 g/mol. The van der Waals surface area contributed by atoms with E-state index in [0.717, 1.165) is 36.8 Å². The maximum atomic E-state index is 5.87. The molecule has 1 aliphatic heterocycles. The van der Waals surface area contributed by atoms with Crippen molar-refractivity contribution >= 4 is 17.0 Å². The van der Waals surface area contributed by atoms with Crippen LogP contribution in [0.1, 0.15) is 5.82 Å². The Hall–Kier alpha value is -1.44. The van der Waals surface area contributed by atoms with Gasteiger partial charge in [0.2, 0.25) is 0 Å². The molecule has 1 atom stereocenters. The number of anilines is 1. The third-order valence-electron chi connectivity index (χ3n) is 3.76. The van der Waals surface area contributed by atoms with E-state index in [1.807, 2.05) is 11.4 Å². The van der Waals surface area contributed by atoms with Crippen LogP contribution < -0.4 is 5.73 Å². The number of hydrogen-bond donors (Lipinski definition) is 1. The Morgan fingerprint density at radius 1 is 1.45 bits per heavy atom. The molecule has 0 aliphatic carbocycles. The quantitative estimate of drug-likeness (QED) is 0.916. The second-order valence-electron chi connectivity index (χ2n) is 5.32. The predicted molar refractivity (Wildman–Crippen MR) is 79.6 cm³/mol. The van der Waals surface area contributed by atoms with E-state index in [9.17, 15) is 0 Å². The first kappa shape index (κ1) is 13.5. The zero-order valence-corrected chi connectivity index (χ0v) is 12.6. The molecule has 0 saturated carbocycles. The number of piperazine rings is 1. The summed E-state index contributed by atoms with van der Waals surface area (Å²) in [7, 11) is 4.30. The van der Waals surface area contributed by atoms with Gasteiger partial charge in [-0.2, -0.15) is 4.98 Å². The van der Waals surface area contributed by atoms with Gasteiger partial charge >= 0.3 is 0 Å². The van der Waals surface area contributed by atoms with Gasteiger partial charge in [0.15, 0.2) is 5.82 Å². The van der Waals surface area contributed by atoms with Crippen LogP contribution in [0.25, 0.3) is 10.8 Å². The number of hydrogen-bond acceptors (Lipinski definition) is 7. The van der Waals surface area contributed by atoms with E-state index in [1.54, 1.807) is 0 Å². The summed E-state index contributed by atoms with van der Waals surface area (Å²) in [6, 6.07) is 2.29. The highest BCUT2D eigenvalue weighted by Gasteiger charge is 2.24. The van der Waals surface area contributed by atoms with E-state index in [2.05, 4.69) is 34.0 Å². The van der Waals surface area contributed by atoms with Crippen LogP contribution in [0, 0.1) is 0 Å². The Bertz CT molecular complexity index is 581. The van der Waals surface area contributed by atoms with Crippen molar-refractivity contribution in [2.75, 3.05) is 39.5 Å². The Labute approximate surface area is 122 Å². The number of nitrogens with two attached hydrogens (primary N) is 1. The molecule has 1 unspecified atom stereocenters. The van der Waals surface area contributed by atoms with Gasteiger partial charge < -0.3 is 20.1 Å². The minimum Gasteiger partial charge on any atom is -0.397 e. The number of nitrogens with zero attached hydrogens (tertiary/aromatic N) is 4. The zero-order valence-electron chi connectivity index (χ0n) is 11.7. The van der Waals surface area contributed by atoms with Crippen LogP contribution in [-0.4, -0.2) is 59.7 Å². The fraction of sp³-hybridized carbons (Fsp3) is 0.538. The van der Waals surface area contributed by atoms with Crippen LogP contribution in [0.2, 0.25) is 0 Å². The van der Waals surface area contributed by atoms with Gasteiger partial charge in [-0.15, -0.1) is 11.3 Å². The predicted octanol–water partition coefficient (Wildman–Crippen LogP) is 1.17. The lowest BCUT2D eigenvalue weighted by molar-refractivity contribution is 0.113. The topological polar surface area (TPSA) is 71.4 Å². The van der Waals surface area contributed by atoms with E-state index in [-0.39, 0.29) is 0 Å². The van der Waals surface area contributed by atoms with Crippen LogP contribution in [0.3, 0.4) is 0 Å². The second kappa shape index (κ2) is 5.51. The molecule has 0 amide bonds. The number of likely N-dealkylation sites (N-methyl/N-ethyl adjacent to an activating group) is 2. The van der Waals surface area contributed by atoms with Crippen molar-refractivity contribution in [2.24, 2.45) is 0 Å². The summed E-state index contributed by atoms with van der Waals surface area (Å²) in [4.78, 5) is 10.0. The lowest BCUT2D eigenvalue weighted by Crippen LogP contribution is -2.50. The average Bonchev–Trinajstić information content (AvgIpc) is 3.02. The number of aromatic nitrogens is 2. The lowest BCUT2D eigenvalue weighted by Gasteiger charge is -2.37. The van der Waals surface area contributed by atoms with Gasteiger partial charge in [-0.1, -0.05) is 5.16 Å². The second-order valence-corrected chi connectivity index (χ2v) is 6.24. The standard InChI is InChI=1S/C13H19N5OS/c1-17-4-5-18(2)9(8-17)7-11-15-13(19-16-11)12-10(14)3-6-20-12/h3,6,9H,4-5,7-8,14H2,1-2H3. The molecule has 7 heteroatoms. The molecular weight excluding hydrogens is 274 g/mol. The fourth-order valence-electron chi connectivity index (χ4n) is 2.45. The van der Waals surface area contributed by atoms with Crippen LogP contribution in [0.5, 0.6) is 0 Å². The van der Waals surface area contributed by atoms with Gasteiger partial charge in [0, 0.05) is 32.1 Å². The molecule has 1 saturated heterocycles. The molecule has 2 aromatic heterocycles. The average molecular weight is 293 g/mol. The molecule has 20 heavy (non-hydrogen) atoms. The molecule has 2 N–H and O–H groups in total. The van der Waals surface area contributed by atoms with Crippen molar-refractivity contribution in [1.82, 2.24) is 19.9 Å². The summed E-state index contributed by atoms with van der Waals surface area (Å²) in [6.45, 7) is 3.21. The Morgan fingerprint density at radius 2 is 2.30 bits per heavy atom. The molecule has 1 fully saturated rings. The molecule has 3 rings (SSSR count). The third kappa shape index (κ3) is 2.70. The molecule has 6 nitrogen and oxygen atoms in total. The van der Waals surface area contributed by atoms with Crippen LogP contribution in [0.15, 0.2) is 16.0 Å². The summed E-state index contributed by atoms with van der Waals surface area (Å²) in [5, 5.41) is 6.02. The van der Waals surface area contributed by atoms with E-state index >= 15 is 0 Å². The van der Waals surface area contributed by atoms with Crippen molar-refractivity contribution < 1.29 is 4.52 Å². The van der Waals surface area contributed by atoms with E-state index in [4.69, 9.17) is 10.3 Å². The minimum atomic E-state index is 0.430. The molecule has 0 spiro atoms. The molecule has 2 aromatic rings. The Balaban J connectivity index is 1.73. The normalized spacial score (nSPS) is 21.4. The van der Waals surface area contributed by atoms with Gasteiger partial charge in [0.1, 0.15) is 4.88 Å². The van der Waals surface area contributed by atoms with Gasteiger partial charge in [-0.05, 0) is 25.5 Å². The number of thiophene rings is 1. The largest absolute Gasteiger partial charge is 0.397 e. The third-order valence-corrected chi connectivity index (χ3v) is 4.67. The first-order valence-electron chi connectivity index (χ1n) is 6.68. The minimum absolute atomic E-state index is 0.430. The Kier molecular flexibility index (Phi) is 3.73. The maximum absolute atomic E-state index is 5.87. The van der Waals surface area contributed by atoms with Crippen LogP contribution in [0.4, 0.5) is 5.69 Å². The van der Waals surface area contributed by atoms with E-state index in [0.29, 0.717) is 17.6 Å². The molecule has 0 radical (unpaired) electrons. The van der Waals surface area contributed by atoms with Crippen LogP contribution >= 0.6 is 11.3 Å². The van der Waals surface area contributed by atoms with Crippen LogP contribution in [-0.2, 0) is 6.42 Å². The summed E-state index contributed by atoms with van der Waals surface area (Å²) in [5.74, 6) is 1.28. The van der Waals surface area contributed by atoms with Crippen molar-refractivity contribution in [1.29, 1.82) is 0 Å². The summed E-state index contributed by atoms with van der Waals surface area (Å²) >= 11 is 1.52. The van der Waals surface area contributed by atoms with Crippen molar-refractivity contribution in [3.63, 3.8) is 0 Å². The molecule has 3 heterocycles. The summed E-state index contributed by atoms with van der Waals surface area (Å²) in [6.07, 6.45) is 0.801. The van der Waals surface area contributed by atoms with E-state index < -0.39 is 0 Å². The first-order valence-corrected chi connectivity index (χ1v) is 7.56. The Morgan fingerprint density at radius 3 is 3.05 bits per heavy atom. The smallest absolute Gasteiger partial charge is 0.270 e. The zero-order chi connectivity index (χ0) is 14.1. The summed E-state index contributed by atoms with van der Waals surface area (Å²) < 4.78 is 5.33. The van der Waals surface area contributed by atoms with Crippen molar-refractivity contribution in [3.8, 4) is 10.8 Å². The summed E-state index contributed by atoms with van der Waals surface area (Å²) in [5.41, 5.74) is 6.57. The fourth-order valence-corrected chi connectivity index (χ4v) is 3.19. The molecule has 1 aliphatic rings. The molecule has 108 valence electrons. The highest BCUT2D eigenvalue weighted by molar-refractivity contribution is 7.14. The van der Waals surface area contributed by atoms with Gasteiger partial charge in [0.25, 0.3) is 5.89 Å². The highest BCUT2D eigenvalue weighted by Crippen LogP contribution is 2.30. The van der Waals surface area contributed by atoms with Crippen molar-refractivity contribution in [2.45, 2.75) is 12.5 Å². The van der Waals surface area contributed by atoms with Crippen molar-refractivity contribution in [3.05, 3.63) is 17.3 Å². The van der Waals surface area contributed by atoms with E-state index in [1.165, 1.54) is 11.3 Å². The highest BCUT2D eigenvalue weighted by atomic mass is 32.1. The van der Waals surface area contributed by atoms with Gasteiger partial charge in [-0.3, -0.25) is 0 Å². The first-order chi connectivity index (χ1) is 9.63. The number of rotatable bonds is 3. The van der Waals surface area contributed by atoms with Gasteiger partial charge in [-0.25, -0.2) is 0 Å². The van der Waals surface area contributed by atoms with Gasteiger partial charge in [0.05, 0.1) is 5.69 Å². The maximum Gasteiger partial charge on any atom is 0.270 e. The SMILES string of the molecule is CN1CCN(C)C(Cc2noc(-c3sccc3N)n2)C1.